The highest BCUT2D eigenvalue weighted by molar-refractivity contribution is 5.76. The lowest BCUT2D eigenvalue weighted by Crippen LogP contribution is -2.28. The summed E-state index contributed by atoms with van der Waals surface area (Å²) >= 11 is 0. The van der Waals surface area contributed by atoms with E-state index in [1.165, 1.54) is 5.56 Å². The second-order valence-corrected chi connectivity index (χ2v) is 5.05. The van der Waals surface area contributed by atoms with Crippen molar-refractivity contribution in [2.45, 2.75) is 33.6 Å². The number of nitrogens with zero attached hydrogens (tertiary/aromatic N) is 2. The van der Waals surface area contributed by atoms with Gasteiger partial charge in [0, 0.05) is 13.6 Å². The van der Waals surface area contributed by atoms with Gasteiger partial charge in [-0.15, -0.1) is 0 Å². The van der Waals surface area contributed by atoms with Crippen LogP contribution < -0.4 is 4.74 Å². The van der Waals surface area contributed by atoms with Crippen molar-refractivity contribution >= 4 is 5.91 Å². The van der Waals surface area contributed by atoms with Gasteiger partial charge in [0.1, 0.15) is 5.75 Å². The van der Waals surface area contributed by atoms with Gasteiger partial charge in [-0.2, -0.15) is 5.26 Å². The minimum Gasteiger partial charge on any atom is -0.493 e. The molecule has 0 aliphatic carbocycles. The molecule has 0 atom stereocenters. The summed E-state index contributed by atoms with van der Waals surface area (Å²) in [6.45, 7) is 6.91. The molecule has 0 aliphatic rings. The van der Waals surface area contributed by atoms with Gasteiger partial charge in [-0.3, -0.25) is 4.79 Å². The van der Waals surface area contributed by atoms with E-state index in [1.54, 1.807) is 11.9 Å². The minimum atomic E-state index is 0.00247. The lowest BCUT2D eigenvalue weighted by molar-refractivity contribution is -0.130. The van der Waals surface area contributed by atoms with Crippen molar-refractivity contribution in [3.63, 3.8) is 0 Å². The number of aryl methyl sites for hydroxylation is 3. The van der Waals surface area contributed by atoms with E-state index in [1.807, 2.05) is 19.9 Å². The van der Waals surface area contributed by atoms with E-state index in [-0.39, 0.29) is 5.91 Å². The smallest absolute Gasteiger partial charge is 0.225 e. The first-order valence-electron chi connectivity index (χ1n) is 6.77. The van der Waals surface area contributed by atoms with Gasteiger partial charge in [0.15, 0.2) is 0 Å². The van der Waals surface area contributed by atoms with Gasteiger partial charge < -0.3 is 9.64 Å². The van der Waals surface area contributed by atoms with E-state index in [4.69, 9.17) is 10.00 Å². The van der Waals surface area contributed by atoms with E-state index in [0.717, 1.165) is 16.9 Å². The zero-order chi connectivity index (χ0) is 15.1. The molecule has 1 aromatic rings. The Bertz CT molecular complexity index is 495. The molecule has 1 rings (SSSR count). The topological polar surface area (TPSA) is 53.3 Å². The molecule has 0 bridgehead atoms. The van der Waals surface area contributed by atoms with Crippen molar-refractivity contribution in [2.75, 3.05) is 20.2 Å². The molecule has 0 spiro atoms. The first kappa shape index (κ1) is 16.0. The third kappa shape index (κ3) is 4.58. The van der Waals surface area contributed by atoms with E-state index in [2.05, 4.69) is 19.1 Å². The third-order valence-electron chi connectivity index (χ3n) is 3.15. The summed E-state index contributed by atoms with van der Waals surface area (Å²) in [4.78, 5) is 13.4. The Morgan fingerprint density at radius 1 is 1.30 bits per heavy atom. The number of hydrogen-bond acceptors (Lipinski definition) is 3. The fourth-order valence-electron chi connectivity index (χ4n) is 2.17. The van der Waals surface area contributed by atoms with Crippen LogP contribution >= 0.6 is 0 Å². The Hall–Kier alpha value is -2.02. The fraction of sp³-hybridized carbons (Fsp3) is 0.500. The predicted octanol–water partition coefficient (Wildman–Crippen LogP) is 2.75. The molecule has 0 N–H and O–H groups in total. The van der Waals surface area contributed by atoms with Crippen LogP contribution in [0.2, 0.25) is 0 Å². The third-order valence-corrected chi connectivity index (χ3v) is 3.15. The summed E-state index contributed by atoms with van der Waals surface area (Å²) in [5.41, 5.74) is 3.39. The van der Waals surface area contributed by atoms with Crippen LogP contribution in [0.4, 0.5) is 0 Å². The first-order chi connectivity index (χ1) is 9.45. The molecule has 20 heavy (non-hydrogen) atoms. The molecule has 0 saturated heterocycles. The van der Waals surface area contributed by atoms with Crippen molar-refractivity contribution in [3.05, 3.63) is 28.8 Å². The van der Waals surface area contributed by atoms with Crippen molar-refractivity contribution in [1.29, 1.82) is 5.26 Å². The predicted molar refractivity (Wildman–Crippen MR) is 78.6 cm³/mol. The molecule has 0 heterocycles. The van der Waals surface area contributed by atoms with E-state index in [0.29, 0.717) is 26.0 Å². The summed E-state index contributed by atoms with van der Waals surface area (Å²) in [7, 11) is 1.71. The van der Waals surface area contributed by atoms with Crippen LogP contribution in [0.3, 0.4) is 0 Å². The summed E-state index contributed by atoms with van der Waals surface area (Å²) in [6.07, 6.45) is 0.688. The monoisotopic (exact) mass is 274 g/mol. The fourth-order valence-corrected chi connectivity index (χ4v) is 2.17. The molecule has 1 amide bonds. The zero-order valence-corrected chi connectivity index (χ0v) is 12.7. The Morgan fingerprint density at radius 3 is 2.45 bits per heavy atom. The number of ether oxygens (including phenoxy) is 1. The van der Waals surface area contributed by atoms with Crippen LogP contribution in [0.15, 0.2) is 12.1 Å². The maximum absolute atomic E-state index is 11.8. The van der Waals surface area contributed by atoms with Crippen LogP contribution in [0.25, 0.3) is 0 Å². The van der Waals surface area contributed by atoms with Gasteiger partial charge in [0.25, 0.3) is 0 Å². The largest absolute Gasteiger partial charge is 0.493 e. The molecule has 0 unspecified atom stereocenters. The molecule has 1 aromatic carbocycles. The highest BCUT2D eigenvalue weighted by atomic mass is 16.5. The summed E-state index contributed by atoms with van der Waals surface area (Å²) in [5.74, 6) is 0.866. The normalized spacial score (nSPS) is 9.95. The Morgan fingerprint density at radius 2 is 1.90 bits per heavy atom. The molecule has 0 aromatic heterocycles. The van der Waals surface area contributed by atoms with Crippen molar-refractivity contribution in [3.8, 4) is 11.8 Å². The van der Waals surface area contributed by atoms with Crippen molar-refractivity contribution in [2.24, 2.45) is 0 Å². The van der Waals surface area contributed by atoms with Crippen LogP contribution in [-0.4, -0.2) is 31.0 Å². The van der Waals surface area contributed by atoms with Gasteiger partial charge in [0.2, 0.25) is 5.91 Å². The number of rotatable bonds is 6. The summed E-state index contributed by atoms with van der Waals surface area (Å²) in [6, 6.07) is 6.18. The number of carbonyl (C=O) groups is 1. The lowest BCUT2D eigenvalue weighted by atomic mass is 10.1. The Balaban J connectivity index is 2.49. The molecule has 4 nitrogen and oxygen atoms in total. The molecule has 0 aliphatic heterocycles. The second kappa shape index (κ2) is 7.54. The summed E-state index contributed by atoms with van der Waals surface area (Å²) in [5, 5.41) is 8.49. The van der Waals surface area contributed by atoms with Gasteiger partial charge >= 0.3 is 0 Å². The van der Waals surface area contributed by atoms with E-state index < -0.39 is 0 Å². The van der Waals surface area contributed by atoms with E-state index >= 15 is 0 Å². The number of carbonyl (C=O) groups excluding carboxylic acids is 1. The maximum atomic E-state index is 11.8. The van der Waals surface area contributed by atoms with Crippen molar-refractivity contribution in [1.82, 2.24) is 4.90 Å². The zero-order valence-electron chi connectivity index (χ0n) is 12.7. The molecule has 0 fully saturated rings. The first-order valence-corrected chi connectivity index (χ1v) is 6.77. The second-order valence-electron chi connectivity index (χ2n) is 5.05. The molecule has 0 saturated carbocycles. The average molecular weight is 274 g/mol. The van der Waals surface area contributed by atoms with Crippen LogP contribution in [-0.2, 0) is 4.79 Å². The number of benzene rings is 1. The Labute approximate surface area is 121 Å². The average Bonchev–Trinajstić information content (AvgIpc) is 2.38. The highest BCUT2D eigenvalue weighted by Gasteiger charge is 2.10. The van der Waals surface area contributed by atoms with Crippen LogP contribution in [0.5, 0.6) is 5.75 Å². The van der Waals surface area contributed by atoms with Gasteiger partial charge in [-0.1, -0.05) is 17.7 Å². The number of amides is 1. The lowest BCUT2D eigenvalue weighted by Gasteiger charge is -2.17. The summed E-state index contributed by atoms with van der Waals surface area (Å²) < 4.78 is 5.74. The number of nitriles is 1. The van der Waals surface area contributed by atoms with Crippen LogP contribution in [0, 0.1) is 32.1 Å². The molecule has 0 radical (unpaired) electrons. The molecule has 4 heteroatoms. The van der Waals surface area contributed by atoms with E-state index in [9.17, 15) is 4.79 Å². The molecule has 108 valence electrons. The molecular weight excluding hydrogens is 252 g/mol. The number of hydrogen-bond donors (Lipinski definition) is 0. The molecular formula is C16H22N2O2. The van der Waals surface area contributed by atoms with Crippen molar-refractivity contribution < 1.29 is 9.53 Å². The standard InChI is InChI=1S/C16H22N2O2/c1-12-10-13(2)16(14(3)11-12)20-9-6-15(19)18(4)8-5-7-17/h10-11H,5-6,8-9H2,1-4H3. The maximum Gasteiger partial charge on any atom is 0.225 e. The van der Waals surface area contributed by atoms with Gasteiger partial charge in [-0.25, -0.2) is 0 Å². The highest BCUT2D eigenvalue weighted by Crippen LogP contribution is 2.24. The van der Waals surface area contributed by atoms with Gasteiger partial charge in [-0.05, 0) is 31.9 Å². The van der Waals surface area contributed by atoms with Gasteiger partial charge in [0.05, 0.1) is 25.5 Å². The Kier molecular flexibility index (Phi) is 6.05. The SMILES string of the molecule is Cc1cc(C)c(OCCC(=O)N(C)CCC#N)c(C)c1. The minimum absolute atomic E-state index is 0.00247. The van der Waals surface area contributed by atoms with Crippen LogP contribution in [0.1, 0.15) is 29.5 Å². The quantitative estimate of drug-likeness (QED) is 0.801.